The van der Waals surface area contributed by atoms with Crippen molar-refractivity contribution in [3.63, 3.8) is 0 Å². The topological polar surface area (TPSA) is 65.6 Å². The number of fused-ring (bicyclic) bond motifs is 1. The molecule has 0 fully saturated rings. The van der Waals surface area contributed by atoms with E-state index in [1.807, 2.05) is 42.6 Å². The second-order valence-electron chi connectivity index (χ2n) is 9.26. The lowest BCUT2D eigenvalue weighted by Crippen LogP contribution is -2.44. The van der Waals surface area contributed by atoms with E-state index in [0.29, 0.717) is 54.7 Å². The van der Waals surface area contributed by atoms with E-state index < -0.39 is 0 Å². The number of amides is 2. The Balaban J connectivity index is 1.56. The standard InChI is InChI=1S/C30H30BrCl2N3O3/c1-39-15-5-13-36(30(38)22-6-4-7-24(31)17-22)20-29(37)35(19-21-10-11-26(32)27(33)16-21)14-12-23-18-34-28-9-3-2-8-25(23)28/h2-4,6-11,16-18,34H,5,12-15,19-20H2,1H3. The number of rotatable bonds is 12. The van der Waals surface area contributed by atoms with Crippen LogP contribution in [0, 0.1) is 0 Å². The van der Waals surface area contributed by atoms with Crippen LogP contribution in [0.5, 0.6) is 0 Å². The summed E-state index contributed by atoms with van der Waals surface area (Å²) in [5, 5.41) is 2.02. The second-order valence-corrected chi connectivity index (χ2v) is 11.0. The van der Waals surface area contributed by atoms with Gasteiger partial charge >= 0.3 is 0 Å². The number of halogens is 3. The monoisotopic (exact) mass is 629 g/mol. The molecule has 0 aliphatic heterocycles. The molecule has 4 rings (SSSR count). The smallest absolute Gasteiger partial charge is 0.254 e. The molecule has 6 nitrogen and oxygen atoms in total. The number of carbonyl (C=O) groups is 2. The van der Waals surface area contributed by atoms with E-state index in [0.717, 1.165) is 26.5 Å². The largest absolute Gasteiger partial charge is 0.385 e. The third-order valence-corrected chi connectivity index (χ3v) is 7.73. The van der Waals surface area contributed by atoms with Gasteiger partial charge in [-0.3, -0.25) is 9.59 Å². The fraction of sp³-hybridized carbons (Fsp3) is 0.267. The van der Waals surface area contributed by atoms with Crippen LogP contribution < -0.4 is 0 Å². The lowest BCUT2D eigenvalue weighted by Gasteiger charge is -2.28. The highest BCUT2D eigenvalue weighted by Crippen LogP contribution is 2.24. The minimum Gasteiger partial charge on any atom is -0.385 e. The first-order valence-corrected chi connectivity index (χ1v) is 14.2. The summed E-state index contributed by atoms with van der Waals surface area (Å²) in [6.45, 7) is 1.65. The molecule has 0 saturated carbocycles. The maximum Gasteiger partial charge on any atom is 0.254 e. The Morgan fingerprint density at radius 3 is 2.54 bits per heavy atom. The van der Waals surface area contributed by atoms with Crippen LogP contribution >= 0.6 is 39.1 Å². The minimum atomic E-state index is -0.202. The zero-order valence-corrected chi connectivity index (χ0v) is 24.7. The van der Waals surface area contributed by atoms with E-state index in [2.05, 4.69) is 27.0 Å². The Hall–Kier alpha value is -2.84. The molecular weight excluding hydrogens is 601 g/mol. The van der Waals surface area contributed by atoms with Gasteiger partial charge in [-0.1, -0.05) is 69.5 Å². The number of aromatic amines is 1. The van der Waals surface area contributed by atoms with Crippen LogP contribution in [-0.4, -0.2) is 59.9 Å². The van der Waals surface area contributed by atoms with Gasteiger partial charge in [0.1, 0.15) is 6.54 Å². The number of nitrogens with one attached hydrogen (secondary N) is 1. The van der Waals surface area contributed by atoms with Gasteiger partial charge in [0.05, 0.1) is 10.0 Å². The third kappa shape index (κ3) is 7.85. The van der Waals surface area contributed by atoms with Crippen molar-refractivity contribution in [2.24, 2.45) is 0 Å². The van der Waals surface area contributed by atoms with Crippen molar-refractivity contribution >= 4 is 61.8 Å². The lowest BCUT2D eigenvalue weighted by atomic mass is 10.1. The van der Waals surface area contributed by atoms with E-state index in [9.17, 15) is 9.59 Å². The number of hydrogen-bond acceptors (Lipinski definition) is 3. The van der Waals surface area contributed by atoms with Gasteiger partial charge in [0.2, 0.25) is 5.91 Å². The molecule has 0 spiro atoms. The zero-order valence-electron chi connectivity index (χ0n) is 21.6. The van der Waals surface area contributed by atoms with E-state index in [1.165, 1.54) is 0 Å². The second kappa shape index (κ2) is 14.0. The number of H-pyrrole nitrogens is 1. The van der Waals surface area contributed by atoms with Crippen molar-refractivity contribution in [3.05, 3.63) is 104 Å². The van der Waals surface area contributed by atoms with E-state index in [1.54, 1.807) is 41.2 Å². The van der Waals surface area contributed by atoms with Gasteiger partial charge in [-0.05, 0) is 60.4 Å². The molecule has 4 aromatic rings. The summed E-state index contributed by atoms with van der Waals surface area (Å²) in [5.41, 5.74) is 3.56. The maximum absolute atomic E-state index is 13.8. The number of nitrogens with zero attached hydrogens (tertiary/aromatic N) is 2. The van der Waals surface area contributed by atoms with Crippen LogP contribution in [0.1, 0.15) is 27.9 Å². The molecule has 9 heteroatoms. The number of ether oxygens (including phenoxy) is 1. The van der Waals surface area contributed by atoms with Gasteiger partial charge in [-0.2, -0.15) is 0 Å². The first kappa shape index (κ1) is 29.2. The molecule has 2 amide bonds. The van der Waals surface area contributed by atoms with Crippen LogP contribution in [0.15, 0.2) is 77.4 Å². The average Bonchev–Trinajstić information content (AvgIpc) is 3.35. The molecule has 0 aliphatic rings. The Morgan fingerprint density at radius 1 is 0.949 bits per heavy atom. The van der Waals surface area contributed by atoms with Crippen LogP contribution in [-0.2, 0) is 22.5 Å². The molecule has 0 radical (unpaired) electrons. The molecule has 0 bridgehead atoms. The zero-order chi connectivity index (χ0) is 27.8. The van der Waals surface area contributed by atoms with Crippen molar-refractivity contribution in [2.75, 3.05) is 33.4 Å². The van der Waals surface area contributed by atoms with Gasteiger partial charge < -0.3 is 19.5 Å². The van der Waals surface area contributed by atoms with Crippen LogP contribution in [0.2, 0.25) is 10.0 Å². The van der Waals surface area contributed by atoms with Gasteiger partial charge in [0.15, 0.2) is 0 Å². The Morgan fingerprint density at radius 2 is 1.77 bits per heavy atom. The van der Waals surface area contributed by atoms with Crippen molar-refractivity contribution in [1.82, 2.24) is 14.8 Å². The third-order valence-electron chi connectivity index (χ3n) is 6.50. The molecule has 39 heavy (non-hydrogen) atoms. The molecule has 1 aromatic heterocycles. The summed E-state index contributed by atoms with van der Waals surface area (Å²) in [4.78, 5) is 33.9. The fourth-order valence-corrected chi connectivity index (χ4v) is 5.18. The number of hydrogen-bond donors (Lipinski definition) is 1. The molecule has 0 aliphatic carbocycles. The van der Waals surface area contributed by atoms with Crippen molar-refractivity contribution < 1.29 is 14.3 Å². The normalized spacial score (nSPS) is 11.1. The van der Waals surface area contributed by atoms with E-state index >= 15 is 0 Å². The first-order chi connectivity index (χ1) is 18.9. The fourth-order valence-electron chi connectivity index (χ4n) is 4.46. The molecule has 1 heterocycles. The Kier molecular flexibility index (Phi) is 10.5. The highest BCUT2D eigenvalue weighted by molar-refractivity contribution is 9.10. The summed E-state index contributed by atoms with van der Waals surface area (Å²) in [6.07, 6.45) is 3.26. The predicted octanol–water partition coefficient (Wildman–Crippen LogP) is 6.99. The first-order valence-electron chi connectivity index (χ1n) is 12.7. The SMILES string of the molecule is COCCCN(CC(=O)N(CCc1c[nH]c2ccccc12)Cc1ccc(Cl)c(Cl)c1)C(=O)c1cccc(Br)c1. The van der Waals surface area contributed by atoms with E-state index in [-0.39, 0.29) is 18.4 Å². The molecule has 0 atom stereocenters. The highest BCUT2D eigenvalue weighted by Gasteiger charge is 2.23. The maximum atomic E-state index is 13.8. The van der Waals surface area contributed by atoms with Crippen LogP contribution in [0.4, 0.5) is 0 Å². The summed E-state index contributed by atoms with van der Waals surface area (Å²) in [6, 6.07) is 20.7. The van der Waals surface area contributed by atoms with Gasteiger partial charge in [-0.15, -0.1) is 0 Å². The Bertz CT molecular complexity index is 1440. The molecule has 1 N–H and O–H groups in total. The predicted molar refractivity (Wildman–Crippen MR) is 160 cm³/mol. The van der Waals surface area contributed by atoms with Gasteiger partial charge in [0, 0.05) is 60.5 Å². The number of aromatic nitrogens is 1. The van der Waals surface area contributed by atoms with Crippen LogP contribution in [0.3, 0.4) is 0 Å². The lowest BCUT2D eigenvalue weighted by molar-refractivity contribution is -0.132. The van der Waals surface area contributed by atoms with Crippen molar-refractivity contribution in [1.29, 1.82) is 0 Å². The highest BCUT2D eigenvalue weighted by atomic mass is 79.9. The quantitative estimate of drug-likeness (QED) is 0.172. The summed E-state index contributed by atoms with van der Waals surface area (Å²) in [5.74, 6) is -0.353. The minimum absolute atomic E-state index is 0.0513. The molecular formula is C30H30BrCl2N3O3. The van der Waals surface area contributed by atoms with Crippen molar-refractivity contribution in [2.45, 2.75) is 19.4 Å². The molecule has 3 aromatic carbocycles. The van der Waals surface area contributed by atoms with Crippen molar-refractivity contribution in [3.8, 4) is 0 Å². The number of methoxy groups -OCH3 is 1. The molecule has 0 saturated heterocycles. The van der Waals surface area contributed by atoms with Gasteiger partial charge in [0.25, 0.3) is 5.91 Å². The summed E-state index contributed by atoms with van der Waals surface area (Å²) >= 11 is 15.8. The average molecular weight is 631 g/mol. The van der Waals surface area contributed by atoms with E-state index in [4.69, 9.17) is 27.9 Å². The number of para-hydroxylation sites is 1. The van der Waals surface area contributed by atoms with Crippen LogP contribution in [0.25, 0.3) is 10.9 Å². The Labute approximate surface area is 247 Å². The number of carbonyl (C=O) groups excluding carboxylic acids is 2. The van der Waals surface area contributed by atoms with Gasteiger partial charge in [-0.25, -0.2) is 0 Å². The summed E-state index contributed by atoms with van der Waals surface area (Å²) in [7, 11) is 1.62. The number of benzene rings is 3. The molecule has 0 unspecified atom stereocenters. The molecule has 204 valence electrons. The summed E-state index contributed by atoms with van der Waals surface area (Å²) < 4.78 is 6.00.